The number of aromatic nitrogens is 2. The largest absolute Gasteiger partial charge is 0.493 e. The number of nitrogens with one attached hydrogen (secondary N) is 2. The molecular weight excluding hydrogens is 519 g/mol. The number of fused-ring (bicyclic) bond motifs is 2. The van der Waals surface area contributed by atoms with Crippen molar-refractivity contribution in [2.45, 2.75) is 44.9 Å². The summed E-state index contributed by atoms with van der Waals surface area (Å²) in [5.74, 6) is -1.11. The lowest BCUT2D eigenvalue weighted by Crippen LogP contribution is -1.93. The topological polar surface area (TPSA) is 156 Å². The minimum atomic E-state index is -0.381. The maximum absolute atomic E-state index is 12.1. The molecule has 0 spiro atoms. The zero-order valence-electron chi connectivity index (χ0n) is 19.7. The van der Waals surface area contributed by atoms with Crippen LogP contribution in [0.1, 0.15) is 44.9 Å². The van der Waals surface area contributed by atoms with Gasteiger partial charge in [0.05, 0.1) is 11.0 Å². The summed E-state index contributed by atoms with van der Waals surface area (Å²) in [5.41, 5.74) is 1.64. The van der Waals surface area contributed by atoms with Gasteiger partial charge in [0.1, 0.15) is 0 Å². The maximum atomic E-state index is 12.1. The second kappa shape index (κ2) is 12.0. The molecule has 2 heterocycles. The summed E-state index contributed by atoms with van der Waals surface area (Å²) in [5, 5.41) is 37.3. The molecule has 0 saturated heterocycles. The molecular formula is C25H24Cl2N6O4. The number of unbranched alkanes of at least 4 members (excludes halogenated alkanes) is 4. The van der Waals surface area contributed by atoms with Crippen LogP contribution in [0.5, 0.6) is 11.8 Å². The van der Waals surface area contributed by atoms with E-state index in [0.717, 1.165) is 19.3 Å². The first kappa shape index (κ1) is 26.3. The van der Waals surface area contributed by atoms with Gasteiger partial charge in [-0.1, -0.05) is 42.5 Å². The number of hydrogen-bond donors (Lipinski definition) is 4. The van der Waals surface area contributed by atoms with E-state index in [-0.39, 0.29) is 47.8 Å². The van der Waals surface area contributed by atoms with E-state index in [4.69, 9.17) is 23.2 Å². The van der Waals surface area contributed by atoms with Crippen molar-refractivity contribution >= 4 is 68.2 Å². The fourth-order valence-electron chi connectivity index (χ4n) is 3.87. The molecule has 0 bridgehead atoms. The Morgan fingerprint density at radius 3 is 1.51 bits per heavy atom. The van der Waals surface area contributed by atoms with Crippen LogP contribution in [0.15, 0.2) is 56.9 Å². The van der Waals surface area contributed by atoms with Crippen LogP contribution >= 0.6 is 23.2 Å². The summed E-state index contributed by atoms with van der Waals surface area (Å²) >= 11 is 12.0. The number of aromatic hydroxyl groups is 2. The molecule has 0 atom stereocenters. The standard InChI is InChI=1S/C25H24Cl2N6O4/c26-14-8-10-18-16(12-14)22(24(36)28-18)32-30-20(34)6-4-2-1-3-5-7-21(35)31-33-23-17-13-15(27)9-11-19(17)29-25(23)37/h8-13,28-29,36-37H,1-7H2. The van der Waals surface area contributed by atoms with Gasteiger partial charge >= 0.3 is 0 Å². The highest BCUT2D eigenvalue weighted by Crippen LogP contribution is 2.37. The highest BCUT2D eigenvalue weighted by Gasteiger charge is 2.13. The number of azo groups is 2. The highest BCUT2D eigenvalue weighted by molar-refractivity contribution is 6.31. The van der Waals surface area contributed by atoms with Crippen LogP contribution in [0.3, 0.4) is 0 Å². The second-order valence-corrected chi connectivity index (χ2v) is 9.35. The number of halogens is 2. The first-order valence-electron chi connectivity index (χ1n) is 11.7. The Hall–Kier alpha value is -3.76. The Morgan fingerprint density at radius 2 is 1.08 bits per heavy atom. The van der Waals surface area contributed by atoms with Gasteiger partial charge < -0.3 is 20.2 Å². The van der Waals surface area contributed by atoms with Crippen molar-refractivity contribution in [3.63, 3.8) is 0 Å². The Labute approximate surface area is 221 Å². The predicted octanol–water partition coefficient (Wildman–Crippen LogP) is 8.02. The van der Waals surface area contributed by atoms with Gasteiger partial charge in [-0.25, -0.2) is 0 Å². The molecule has 0 aliphatic rings. The number of amides is 2. The number of H-pyrrole nitrogens is 2. The van der Waals surface area contributed by atoms with E-state index < -0.39 is 0 Å². The van der Waals surface area contributed by atoms with Crippen molar-refractivity contribution in [1.82, 2.24) is 9.97 Å². The second-order valence-electron chi connectivity index (χ2n) is 8.48. The smallest absolute Gasteiger partial charge is 0.264 e. The van der Waals surface area contributed by atoms with Gasteiger partial charge in [0, 0.05) is 33.7 Å². The van der Waals surface area contributed by atoms with Gasteiger partial charge in [0.2, 0.25) is 11.8 Å². The fourth-order valence-corrected chi connectivity index (χ4v) is 4.21. The van der Waals surface area contributed by atoms with Gasteiger partial charge in [-0.15, -0.1) is 20.5 Å². The first-order chi connectivity index (χ1) is 17.8. The third-order valence-corrected chi connectivity index (χ3v) is 6.20. The Morgan fingerprint density at radius 1 is 0.676 bits per heavy atom. The van der Waals surface area contributed by atoms with Crippen molar-refractivity contribution in [1.29, 1.82) is 0 Å². The zero-order valence-corrected chi connectivity index (χ0v) is 21.2. The molecule has 0 fully saturated rings. The van der Waals surface area contributed by atoms with E-state index >= 15 is 0 Å². The van der Waals surface area contributed by atoms with Gasteiger partial charge in [-0.3, -0.25) is 9.59 Å². The Kier molecular flexibility index (Phi) is 8.52. The van der Waals surface area contributed by atoms with Crippen LogP contribution in [-0.4, -0.2) is 32.0 Å². The quantitative estimate of drug-likeness (QED) is 0.118. The highest BCUT2D eigenvalue weighted by atomic mass is 35.5. The van der Waals surface area contributed by atoms with E-state index in [1.807, 2.05) is 0 Å². The van der Waals surface area contributed by atoms with Crippen LogP contribution in [0.4, 0.5) is 11.4 Å². The number of nitrogens with zero attached hydrogens (tertiary/aromatic N) is 4. The summed E-state index contributed by atoms with van der Waals surface area (Å²) in [7, 11) is 0. The number of carbonyl (C=O) groups excluding carboxylic acids is 2. The van der Waals surface area contributed by atoms with Crippen molar-refractivity contribution < 1.29 is 19.8 Å². The maximum Gasteiger partial charge on any atom is 0.264 e. The number of aromatic amines is 2. The van der Waals surface area contributed by atoms with Crippen LogP contribution in [0.2, 0.25) is 10.0 Å². The third-order valence-electron chi connectivity index (χ3n) is 5.73. The normalized spacial score (nSPS) is 11.9. The van der Waals surface area contributed by atoms with Crippen molar-refractivity contribution in [3.05, 3.63) is 46.4 Å². The molecule has 0 aliphatic carbocycles. The van der Waals surface area contributed by atoms with Crippen molar-refractivity contribution in [2.75, 3.05) is 0 Å². The molecule has 4 aromatic rings. The minimum absolute atomic E-state index is 0.175. The minimum Gasteiger partial charge on any atom is -0.493 e. The molecule has 12 heteroatoms. The molecule has 0 aliphatic heterocycles. The predicted molar refractivity (Wildman–Crippen MR) is 141 cm³/mol. The van der Waals surface area contributed by atoms with E-state index in [9.17, 15) is 19.8 Å². The van der Waals surface area contributed by atoms with Gasteiger partial charge in [-0.05, 0) is 49.2 Å². The Balaban J connectivity index is 1.15. The molecule has 0 saturated carbocycles. The fraction of sp³-hybridized carbons (Fsp3) is 0.280. The summed E-state index contributed by atoms with van der Waals surface area (Å²) in [6, 6.07) is 10.1. The monoisotopic (exact) mass is 542 g/mol. The molecule has 10 nitrogen and oxygen atoms in total. The van der Waals surface area contributed by atoms with Crippen molar-refractivity contribution in [3.8, 4) is 11.8 Å². The summed E-state index contributed by atoms with van der Waals surface area (Å²) < 4.78 is 0. The lowest BCUT2D eigenvalue weighted by atomic mass is 10.1. The molecule has 192 valence electrons. The summed E-state index contributed by atoms with van der Waals surface area (Å²) in [6.07, 6.45) is 4.19. The Bertz CT molecular complexity index is 1400. The van der Waals surface area contributed by atoms with Gasteiger partial charge in [0.15, 0.2) is 11.4 Å². The molecule has 2 aromatic heterocycles. The number of hydrogen-bond acceptors (Lipinski definition) is 6. The van der Waals surface area contributed by atoms with Crippen molar-refractivity contribution in [2.24, 2.45) is 20.5 Å². The molecule has 4 N–H and O–H groups in total. The van der Waals surface area contributed by atoms with Crippen LogP contribution in [0, 0.1) is 0 Å². The molecule has 2 aromatic carbocycles. The molecule has 4 rings (SSSR count). The number of carbonyl (C=O) groups is 2. The SMILES string of the molecule is O=C(CCCCCCCC(=O)N=Nc1c(O)[nH]c2ccc(Cl)cc12)N=Nc1c(O)[nH]c2ccc(Cl)cc12. The summed E-state index contributed by atoms with van der Waals surface area (Å²) in [6.45, 7) is 0. The molecule has 0 radical (unpaired) electrons. The van der Waals surface area contributed by atoms with E-state index in [1.54, 1.807) is 36.4 Å². The molecule has 37 heavy (non-hydrogen) atoms. The van der Waals surface area contributed by atoms with E-state index in [2.05, 4.69) is 30.4 Å². The lowest BCUT2D eigenvalue weighted by molar-refractivity contribution is -0.119. The van der Waals surface area contributed by atoms with Gasteiger partial charge in [0.25, 0.3) is 11.8 Å². The molecule has 0 unspecified atom stereocenters. The first-order valence-corrected chi connectivity index (χ1v) is 12.5. The number of rotatable bonds is 10. The average Bonchev–Trinajstić information content (AvgIpc) is 3.34. The van der Waals surface area contributed by atoms with E-state index in [0.29, 0.717) is 44.7 Å². The summed E-state index contributed by atoms with van der Waals surface area (Å²) in [4.78, 5) is 29.6. The molecule has 2 amide bonds. The third kappa shape index (κ3) is 6.72. The van der Waals surface area contributed by atoms with E-state index in [1.165, 1.54) is 0 Å². The van der Waals surface area contributed by atoms with Crippen LogP contribution in [0.25, 0.3) is 21.8 Å². The van der Waals surface area contributed by atoms with Gasteiger partial charge in [-0.2, -0.15) is 0 Å². The lowest BCUT2D eigenvalue weighted by Gasteiger charge is -1.99. The zero-order chi connectivity index (χ0) is 26.4. The average molecular weight is 543 g/mol. The van der Waals surface area contributed by atoms with Crippen LogP contribution < -0.4 is 0 Å². The van der Waals surface area contributed by atoms with Crippen LogP contribution in [-0.2, 0) is 9.59 Å². The number of benzene rings is 2.